The van der Waals surface area contributed by atoms with Gasteiger partial charge in [0.15, 0.2) is 6.61 Å². The van der Waals surface area contributed by atoms with E-state index in [9.17, 15) is 4.79 Å². The molecule has 0 heterocycles. The molecule has 0 spiro atoms. The van der Waals surface area contributed by atoms with Crippen molar-refractivity contribution in [2.45, 2.75) is 39.8 Å². The van der Waals surface area contributed by atoms with Crippen LogP contribution in [-0.4, -0.2) is 25.6 Å². The van der Waals surface area contributed by atoms with Gasteiger partial charge in [-0.3, -0.25) is 4.79 Å². The van der Waals surface area contributed by atoms with Gasteiger partial charge in [0.2, 0.25) is 0 Å². The first-order valence-corrected chi connectivity index (χ1v) is 6.64. The third-order valence-electron chi connectivity index (χ3n) is 2.94. The zero-order chi connectivity index (χ0) is 14.4. The van der Waals surface area contributed by atoms with Crippen LogP contribution in [0.4, 0.5) is 0 Å². The van der Waals surface area contributed by atoms with E-state index < -0.39 is 0 Å². The number of amides is 1. The first-order valence-electron chi connectivity index (χ1n) is 6.64. The number of carbonyl (C=O) groups excluding carboxylic acids is 1. The summed E-state index contributed by atoms with van der Waals surface area (Å²) < 4.78 is 5.54. The Labute approximate surface area is 115 Å². The zero-order valence-corrected chi connectivity index (χ0v) is 12.4. The number of hydrogen-bond acceptors (Lipinski definition) is 3. The lowest BCUT2D eigenvalue weighted by Crippen LogP contribution is -2.34. The molecule has 0 aromatic heterocycles. The Bertz CT molecular complexity index is 430. The molecule has 19 heavy (non-hydrogen) atoms. The van der Waals surface area contributed by atoms with Crippen molar-refractivity contribution in [2.24, 2.45) is 0 Å². The SMILES string of the molecule is CNC(C)c1ccc(OCC(=O)NC(C)C)c(C)c1. The molecule has 1 amide bonds. The highest BCUT2D eigenvalue weighted by molar-refractivity contribution is 5.77. The topological polar surface area (TPSA) is 50.4 Å². The number of carbonyl (C=O) groups is 1. The van der Waals surface area contributed by atoms with Crippen LogP contribution in [-0.2, 0) is 4.79 Å². The molecule has 2 N–H and O–H groups in total. The van der Waals surface area contributed by atoms with Gasteiger partial charge in [0.05, 0.1) is 0 Å². The molecule has 1 unspecified atom stereocenters. The van der Waals surface area contributed by atoms with Crippen LogP contribution < -0.4 is 15.4 Å². The maximum atomic E-state index is 11.5. The lowest BCUT2D eigenvalue weighted by Gasteiger charge is -2.15. The minimum Gasteiger partial charge on any atom is -0.484 e. The molecule has 0 radical (unpaired) electrons. The van der Waals surface area contributed by atoms with E-state index in [4.69, 9.17) is 4.74 Å². The zero-order valence-electron chi connectivity index (χ0n) is 12.4. The predicted molar refractivity (Wildman–Crippen MR) is 77.4 cm³/mol. The molecule has 4 nitrogen and oxygen atoms in total. The number of aryl methyl sites for hydroxylation is 1. The van der Waals surface area contributed by atoms with Crippen molar-refractivity contribution in [1.82, 2.24) is 10.6 Å². The molecule has 1 rings (SSSR count). The van der Waals surface area contributed by atoms with E-state index in [2.05, 4.69) is 23.6 Å². The van der Waals surface area contributed by atoms with Crippen molar-refractivity contribution in [3.05, 3.63) is 29.3 Å². The van der Waals surface area contributed by atoms with E-state index in [1.165, 1.54) is 5.56 Å². The van der Waals surface area contributed by atoms with Crippen molar-refractivity contribution < 1.29 is 9.53 Å². The van der Waals surface area contributed by atoms with Gasteiger partial charge in [0, 0.05) is 12.1 Å². The minimum absolute atomic E-state index is 0.0555. The highest BCUT2D eigenvalue weighted by atomic mass is 16.5. The van der Waals surface area contributed by atoms with Crippen molar-refractivity contribution in [2.75, 3.05) is 13.7 Å². The van der Waals surface area contributed by atoms with E-state index in [1.54, 1.807) is 0 Å². The van der Waals surface area contributed by atoms with E-state index in [-0.39, 0.29) is 18.6 Å². The summed E-state index contributed by atoms with van der Waals surface area (Å²) in [5.74, 6) is 0.660. The Morgan fingerprint density at radius 3 is 2.53 bits per heavy atom. The smallest absolute Gasteiger partial charge is 0.258 e. The number of ether oxygens (including phenoxy) is 1. The van der Waals surface area contributed by atoms with Gasteiger partial charge in [-0.1, -0.05) is 12.1 Å². The van der Waals surface area contributed by atoms with Crippen LogP contribution in [0, 0.1) is 6.92 Å². The molecule has 0 saturated carbocycles. The fourth-order valence-electron chi connectivity index (χ4n) is 1.78. The highest BCUT2D eigenvalue weighted by Crippen LogP contribution is 2.22. The van der Waals surface area contributed by atoms with Crippen molar-refractivity contribution in [3.63, 3.8) is 0 Å². The van der Waals surface area contributed by atoms with E-state index in [0.29, 0.717) is 6.04 Å². The maximum Gasteiger partial charge on any atom is 0.258 e. The van der Waals surface area contributed by atoms with E-state index in [1.807, 2.05) is 40.0 Å². The number of rotatable bonds is 6. The van der Waals surface area contributed by atoms with Gasteiger partial charge >= 0.3 is 0 Å². The molecule has 106 valence electrons. The lowest BCUT2D eigenvalue weighted by molar-refractivity contribution is -0.123. The summed E-state index contributed by atoms with van der Waals surface area (Å²) in [5, 5.41) is 5.99. The summed E-state index contributed by atoms with van der Waals surface area (Å²) >= 11 is 0. The van der Waals surface area contributed by atoms with Gasteiger partial charge < -0.3 is 15.4 Å². The third kappa shape index (κ3) is 4.91. The van der Waals surface area contributed by atoms with E-state index in [0.717, 1.165) is 11.3 Å². The predicted octanol–water partition coefficient (Wildman–Crippen LogP) is 2.18. The molecule has 0 aliphatic heterocycles. The van der Waals surface area contributed by atoms with Gasteiger partial charge in [-0.2, -0.15) is 0 Å². The van der Waals surface area contributed by atoms with Gasteiger partial charge in [-0.05, 0) is 51.9 Å². The Hall–Kier alpha value is -1.55. The second-order valence-electron chi connectivity index (χ2n) is 5.05. The monoisotopic (exact) mass is 264 g/mol. The quantitative estimate of drug-likeness (QED) is 0.828. The molecule has 0 bridgehead atoms. The largest absolute Gasteiger partial charge is 0.484 e. The van der Waals surface area contributed by atoms with Crippen LogP contribution in [0.1, 0.15) is 37.9 Å². The molecule has 1 aromatic carbocycles. The number of hydrogen-bond donors (Lipinski definition) is 2. The van der Waals surface area contributed by atoms with Crippen LogP contribution in [0.2, 0.25) is 0 Å². The molecule has 0 fully saturated rings. The third-order valence-corrected chi connectivity index (χ3v) is 2.94. The van der Waals surface area contributed by atoms with Gasteiger partial charge in [-0.15, -0.1) is 0 Å². The summed E-state index contributed by atoms with van der Waals surface area (Å²) in [5.41, 5.74) is 2.25. The maximum absolute atomic E-state index is 11.5. The van der Waals surface area contributed by atoms with Gasteiger partial charge in [-0.25, -0.2) is 0 Å². The summed E-state index contributed by atoms with van der Waals surface area (Å²) in [6.07, 6.45) is 0. The van der Waals surface area contributed by atoms with Crippen LogP contribution in [0.15, 0.2) is 18.2 Å². The average molecular weight is 264 g/mol. The van der Waals surface area contributed by atoms with Crippen LogP contribution in [0.25, 0.3) is 0 Å². The van der Waals surface area contributed by atoms with Gasteiger partial charge in [0.1, 0.15) is 5.75 Å². The summed E-state index contributed by atoms with van der Waals surface area (Å²) in [4.78, 5) is 11.5. The molecule has 0 aliphatic rings. The van der Waals surface area contributed by atoms with Crippen molar-refractivity contribution in [3.8, 4) is 5.75 Å². The molecule has 4 heteroatoms. The number of benzene rings is 1. The van der Waals surface area contributed by atoms with E-state index >= 15 is 0 Å². The van der Waals surface area contributed by atoms with Crippen molar-refractivity contribution in [1.29, 1.82) is 0 Å². The molecular formula is C15H24N2O2. The second-order valence-corrected chi connectivity index (χ2v) is 5.05. The van der Waals surface area contributed by atoms with Crippen LogP contribution in [0.5, 0.6) is 5.75 Å². The molecular weight excluding hydrogens is 240 g/mol. The highest BCUT2D eigenvalue weighted by Gasteiger charge is 2.08. The Morgan fingerprint density at radius 2 is 2.00 bits per heavy atom. The lowest BCUT2D eigenvalue weighted by atomic mass is 10.1. The normalized spacial score (nSPS) is 12.3. The summed E-state index contributed by atoms with van der Waals surface area (Å²) in [6.45, 7) is 8.00. The average Bonchev–Trinajstić information content (AvgIpc) is 2.35. The standard InChI is InChI=1S/C15H24N2O2/c1-10(2)17-15(18)9-19-14-7-6-13(8-11(14)3)12(4)16-5/h6-8,10,12,16H,9H2,1-5H3,(H,17,18). The Kier molecular flexibility index (Phi) is 5.83. The second kappa shape index (κ2) is 7.14. The minimum atomic E-state index is -0.0953. The number of nitrogens with one attached hydrogen (secondary N) is 2. The van der Waals surface area contributed by atoms with Crippen LogP contribution in [0.3, 0.4) is 0 Å². The Balaban J connectivity index is 2.63. The summed E-state index contributed by atoms with van der Waals surface area (Å²) in [7, 11) is 1.93. The molecule has 1 aromatic rings. The molecule has 0 aliphatic carbocycles. The molecule has 1 atom stereocenters. The Morgan fingerprint density at radius 1 is 1.32 bits per heavy atom. The molecule has 0 saturated heterocycles. The van der Waals surface area contributed by atoms with Crippen molar-refractivity contribution >= 4 is 5.91 Å². The first kappa shape index (κ1) is 15.5. The fraction of sp³-hybridized carbons (Fsp3) is 0.533. The summed E-state index contributed by atoms with van der Waals surface area (Å²) in [6, 6.07) is 6.45. The van der Waals surface area contributed by atoms with Crippen LogP contribution >= 0.6 is 0 Å². The van der Waals surface area contributed by atoms with Gasteiger partial charge in [0.25, 0.3) is 5.91 Å². The fourth-order valence-corrected chi connectivity index (χ4v) is 1.78. The first-order chi connectivity index (χ1) is 8.93.